The number of benzene rings is 1. The van der Waals surface area contributed by atoms with Gasteiger partial charge in [-0.3, -0.25) is 5.32 Å². The average Bonchev–Trinajstić information content (AvgIpc) is 3.00. The van der Waals surface area contributed by atoms with Crippen molar-refractivity contribution in [2.75, 3.05) is 20.3 Å². The van der Waals surface area contributed by atoms with Crippen LogP contribution in [0.1, 0.15) is 25.3 Å². The van der Waals surface area contributed by atoms with Gasteiger partial charge in [-0.1, -0.05) is 6.07 Å². The zero-order chi connectivity index (χ0) is 15.5. The third kappa shape index (κ3) is 3.39. The summed E-state index contributed by atoms with van der Waals surface area (Å²) in [4.78, 5) is 12.1. The molecule has 0 aromatic heterocycles. The topological polar surface area (TPSA) is 47.6 Å². The van der Waals surface area contributed by atoms with Crippen LogP contribution in [0.2, 0.25) is 0 Å². The number of carbonyl (C=O) groups is 1. The van der Waals surface area contributed by atoms with E-state index in [9.17, 15) is 13.6 Å². The van der Waals surface area contributed by atoms with Gasteiger partial charge in [-0.25, -0.2) is 13.6 Å². The highest BCUT2D eigenvalue weighted by atomic mass is 19.2. The first kappa shape index (κ1) is 15.9. The van der Waals surface area contributed by atoms with Crippen molar-refractivity contribution in [3.05, 3.63) is 35.4 Å². The molecule has 0 spiro atoms. The molecule has 1 N–H and O–H groups in total. The molecule has 1 aromatic rings. The predicted molar refractivity (Wildman–Crippen MR) is 72.7 cm³/mol. The highest BCUT2D eigenvalue weighted by Crippen LogP contribution is 2.25. The maximum atomic E-state index is 13.4. The zero-order valence-corrected chi connectivity index (χ0v) is 12.1. The van der Waals surface area contributed by atoms with Crippen LogP contribution in [0.5, 0.6) is 0 Å². The Morgan fingerprint density at radius 3 is 2.81 bits per heavy atom. The van der Waals surface area contributed by atoms with Gasteiger partial charge in [0.2, 0.25) is 0 Å². The quantitative estimate of drug-likeness (QED) is 0.846. The van der Waals surface area contributed by atoms with Crippen molar-refractivity contribution in [2.45, 2.75) is 31.4 Å². The van der Waals surface area contributed by atoms with Gasteiger partial charge in [0.25, 0.3) is 0 Å². The average molecular weight is 299 g/mol. The summed E-state index contributed by atoms with van der Waals surface area (Å²) in [5, 5.41) is 3.06. The number of esters is 1. The van der Waals surface area contributed by atoms with Crippen molar-refractivity contribution in [1.29, 1.82) is 0 Å². The summed E-state index contributed by atoms with van der Waals surface area (Å²) < 4.78 is 36.8. The Morgan fingerprint density at radius 2 is 2.24 bits per heavy atom. The second-order valence-electron chi connectivity index (χ2n) is 5.26. The molecular weight excluding hydrogens is 280 g/mol. The van der Waals surface area contributed by atoms with Crippen LogP contribution < -0.4 is 5.32 Å². The van der Waals surface area contributed by atoms with E-state index in [1.54, 1.807) is 6.92 Å². The minimum Gasteiger partial charge on any atom is -0.467 e. The smallest absolute Gasteiger partial charge is 0.330 e. The molecule has 0 saturated carbocycles. The summed E-state index contributed by atoms with van der Waals surface area (Å²) in [5.41, 5.74) is -0.943. The number of nitrogens with one attached hydrogen (secondary N) is 1. The Bertz CT molecular complexity index is 518. The highest BCUT2D eigenvalue weighted by molar-refractivity contribution is 5.82. The molecule has 0 radical (unpaired) electrons. The molecular formula is C15H19F2NO3. The van der Waals surface area contributed by atoms with Gasteiger partial charge >= 0.3 is 5.97 Å². The van der Waals surface area contributed by atoms with E-state index in [0.717, 1.165) is 25.0 Å². The number of rotatable bonds is 5. The van der Waals surface area contributed by atoms with E-state index in [1.807, 2.05) is 0 Å². The summed E-state index contributed by atoms with van der Waals surface area (Å²) in [6.45, 7) is 2.72. The predicted octanol–water partition coefficient (Wildman–Crippen LogP) is 2.12. The molecule has 1 aliphatic heterocycles. The number of methoxy groups -OCH3 is 1. The lowest BCUT2D eigenvalue weighted by atomic mass is 9.91. The molecule has 1 saturated heterocycles. The minimum absolute atomic E-state index is 0.0132. The summed E-state index contributed by atoms with van der Waals surface area (Å²) >= 11 is 0. The first-order valence-corrected chi connectivity index (χ1v) is 6.88. The SMILES string of the molecule is COC(=O)C(C)(NCC1CCCO1)c1ccc(F)c(F)c1. The summed E-state index contributed by atoms with van der Waals surface area (Å²) in [6, 6.07) is 3.38. The van der Waals surface area contributed by atoms with Gasteiger partial charge in [-0.05, 0) is 37.5 Å². The Kier molecular flexibility index (Phi) is 4.90. The van der Waals surface area contributed by atoms with Gasteiger partial charge in [0.15, 0.2) is 11.6 Å². The van der Waals surface area contributed by atoms with Crippen molar-refractivity contribution < 1.29 is 23.0 Å². The van der Waals surface area contributed by atoms with Crippen LogP contribution in [0.15, 0.2) is 18.2 Å². The Labute approximate surface area is 122 Å². The normalized spacial score (nSPS) is 21.0. The largest absolute Gasteiger partial charge is 0.467 e. The molecule has 1 heterocycles. The number of carbonyl (C=O) groups excluding carboxylic acids is 1. The van der Waals surface area contributed by atoms with Crippen molar-refractivity contribution in [2.24, 2.45) is 0 Å². The second-order valence-corrected chi connectivity index (χ2v) is 5.26. The Morgan fingerprint density at radius 1 is 1.48 bits per heavy atom. The van der Waals surface area contributed by atoms with E-state index in [1.165, 1.54) is 13.2 Å². The van der Waals surface area contributed by atoms with Crippen molar-refractivity contribution in [3.63, 3.8) is 0 Å². The molecule has 1 aromatic carbocycles. The van der Waals surface area contributed by atoms with Gasteiger partial charge in [0, 0.05) is 13.2 Å². The lowest BCUT2D eigenvalue weighted by molar-refractivity contribution is -0.148. The molecule has 4 nitrogen and oxygen atoms in total. The molecule has 0 bridgehead atoms. The third-order valence-corrected chi connectivity index (χ3v) is 3.80. The fraction of sp³-hybridized carbons (Fsp3) is 0.533. The van der Waals surface area contributed by atoms with Gasteiger partial charge in [0.1, 0.15) is 5.54 Å². The summed E-state index contributed by atoms with van der Waals surface area (Å²) in [5.74, 6) is -2.52. The van der Waals surface area contributed by atoms with E-state index in [-0.39, 0.29) is 6.10 Å². The lowest BCUT2D eigenvalue weighted by Crippen LogP contribution is -2.50. The van der Waals surface area contributed by atoms with Crippen molar-refractivity contribution >= 4 is 5.97 Å². The van der Waals surface area contributed by atoms with Crippen molar-refractivity contribution in [3.8, 4) is 0 Å². The van der Waals surface area contributed by atoms with Crippen LogP contribution in [-0.4, -0.2) is 32.3 Å². The van der Waals surface area contributed by atoms with Crippen molar-refractivity contribution in [1.82, 2.24) is 5.32 Å². The molecule has 1 fully saturated rings. The van der Waals surface area contributed by atoms with Crippen LogP contribution in [0.25, 0.3) is 0 Å². The molecule has 0 aliphatic carbocycles. The van der Waals surface area contributed by atoms with E-state index < -0.39 is 23.1 Å². The molecule has 21 heavy (non-hydrogen) atoms. The molecule has 2 unspecified atom stereocenters. The second kappa shape index (κ2) is 6.49. The molecule has 6 heteroatoms. The summed E-state index contributed by atoms with van der Waals surface area (Å²) in [6.07, 6.45) is 1.90. The molecule has 2 rings (SSSR count). The van der Waals surface area contributed by atoms with Gasteiger partial charge < -0.3 is 9.47 Å². The molecule has 2 atom stereocenters. The van der Waals surface area contributed by atoms with E-state index in [0.29, 0.717) is 18.7 Å². The first-order valence-electron chi connectivity index (χ1n) is 6.88. The third-order valence-electron chi connectivity index (χ3n) is 3.80. The maximum Gasteiger partial charge on any atom is 0.330 e. The van der Waals surface area contributed by atoms with E-state index >= 15 is 0 Å². The summed E-state index contributed by atoms with van der Waals surface area (Å²) in [7, 11) is 1.26. The number of hydrogen-bond donors (Lipinski definition) is 1. The fourth-order valence-corrected chi connectivity index (χ4v) is 2.43. The Balaban J connectivity index is 2.22. The number of hydrogen-bond acceptors (Lipinski definition) is 4. The van der Waals surface area contributed by atoms with Gasteiger partial charge in [-0.15, -0.1) is 0 Å². The molecule has 1 aliphatic rings. The van der Waals surface area contributed by atoms with Crippen LogP contribution in [-0.2, 0) is 19.8 Å². The first-order chi connectivity index (χ1) is 9.97. The minimum atomic E-state index is -1.25. The van der Waals surface area contributed by atoms with Crippen LogP contribution in [0.4, 0.5) is 8.78 Å². The molecule has 0 amide bonds. The zero-order valence-electron chi connectivity index (χ0n) is 12.1. The maximum absolute atomic E-state index is 13.4. The van der Waals surface area contributed by atoms with Crippen LogP contribution in [0, 0.1) is 11.6 Å². The van der Waals surface area contributed by atoms with Crippen LogP contribution >= 0.6 is 0 Å². The fourth-order valence-electron chi connectivity index (χ4n) is 2.43. The monoisotopic (exact) mass is 299 g/mol. The van der Waals surface area contributed by atoms with Crippen LogP contribution in [0.3, 0.4) is 0 Å². The van der Waals surface area contributed by atoms with E-state index in [2.05, 4.69) is 5.32 Å². The standard InChI is InChI=1S/C15H19F2NO3/c1-15(14(19)20-2,18-9-11-4-3-7-21-11)10-5-6-12(16)13(17)8-10/h5-6,8,11,18H,3-4,7,9H2,1-2H3. The number of ether oxygens (including phenoxy) is 2. The highest BCUT2D eigenvalue weighted by Gasteiger charge is 2.37. The number of halogens is 2. The lowest BCUT2D eigenvalue weighted by Gasteiger charge is -2.29. The molecule has 116 valence electrons. The Hall–Kier alpha value is -1.53. The van der Waals surface area contributed by atoms with Gasteiger partial charge in [0.05, 0.1) is 13.2 Å². The van der Waals surface area contributed by atoms with E-state index in [4.69, 9.17) is 9.47 Å². The van der Waals surface area contributed by atoms with Gasteiger partial charge in [-0.2, -0.15) is 0 Å².